The molecule has 0 saturated carbocycles. The van der Waals surface area contributed by atoms with Crippen molar-refractivity contribution in [1.29, 1.82) is 0 Å². The number of ether oxygens (including phenoxy) is 1. The summed E-state index contributed by atoms with van der Waals surface area (Å²) < 4.78 is 4.53. The standard InChI is InChI=1S/C13H13N5O5/c1-23-13(20)8-2-4-10(11(6-8)18(21)22)17-9(7-15-16-14)3-5-12(17)19/h2,4,6,9H,3,5,7H2,1H3. The molecule has 0 aromatic heterocycles. The molecule has 0 radical (unpaired) electrons. The van der Waals surface area contributed by atoms with Crippen molar-refractivity contribution in [2.45, 2.75) is 18.9 Å². The van der Waals surface area contributed by atoms with E-state index in [0.29, 0.717) is 6.42 Å². The fourth-order valence-electron chi connectivity index (χ4n) is 2.50. The minimum atomic E-state index is -0.710. The topological polar surface area (TPSA) is 139 Å². The molecule has 10 nitrogen and oxygen atoms in total. The van der Waals surface area contributed by atoms with Crippen LogP contribution in [0.3, 0.4) is 0 Å². The molecule has 1 fully saturated rings. The minimum Gasteiger partial charge on any atom is -0.465 e. The molecule has 1 saturated heterocycles. The lowest BCUT2D eigenvalue weighted by Crippen LogP contribution is -2.35. The number of rotatable bonds is 5. The summed E-state index contributed by atoms with van der Waals surface area (Å²) in [7, 11) is 1.17. The fourth-order valence-corrected chi connectivity index (χ4v) is 2.50. The van der Waals surface area contributed by atoms with Gasteiger partial charge in [0.2, 0.25) is 5.91 Å². The summed E-state index contributed by atoms with van der Waals surface area (Å²) in [6.07, 6.45) is 0.648. The Hall–Kier alpha value is -3.13. The number of azide groups is 1. The van der Waals surface area contributed by atoms with E-state index in [9.17, 15) is 19.7 Å². The lowest BCUT2D eigenvalue weighted by atomic mass is 10.1. The van der Waals surface area contributed by atoms with Crippen LogP contribution in [0.5, 0.6) is 0 Å². The number of carbonyl (C=O) groups excluding carboxylic acids is 2. The van der Waals surface area contributed by atoms with E-state index in [1.54, 1.807) is 0 Å². The van der Waals surface area contributed by atoms with Gasteiger partial charge in [0.25, 0.3) is 5.69 Å². The first kappa shape index (κ1) is 16.2. The monoisotopic (exact) mass is 319 g/mol. The van der Waals surface area contributed by atoms with Gasteiger partial charge in [-0.3, -0.25) is 14.9 Å². The summed E-state index contributed by atoms with van der Waals surface area (Å²) in [5.41, 5.74) is 8.12. The first-order valence-electron chi connectivity index (χ1n) is 6.69. The third-order valence-electron chi connectivity index (χ3n) is 3.53. The Bertz CT molecular complexity index is 713. The van der Waals surface area contributed by atoms with Crippen molar-refractivity contribution in [2.24, 2.45) is 5.11 Å². The molecule has 23 heavy (non-hydrogen) atoms. The highest BCUT2D eigenvalue weighted by atomic mass is 16.6. The molecular weight excluding hydrogens is 306 g/mol. The van der Waals surface area contributed by atoms with Crippen LogP contribution in [-0.4, -0.2) is 36.5 Å². The lowest BCUT2D eigenvalue weighted by molar-refractivity contribution is -0.384. The number of nitro groups is 1. The van der Waals surface area contributed by atoms with Crippen molar-refractivity contribution in [2.75, 3.05) is 18.6 Å². The fraction of sp³-hybridized carbons (Fsp3) is 0.385. The van der Waals surface area contributed by atoms with Gasteiger partial charge in [0.1, 0.15) is 5.69 Å². The van der Waals surface area contributed by atoms with Crippen LogP contribution in [0, 0.1) is 10.1 Å². The number of amides is 1. The van der Waals surface area contributed by atoms with Crippen LogP contribution in [0.4, 0.5) is 11.4 Å². The number of anilines is 1. The van der Waals surface area contributed by atoms with E-state index in [1.165, 1.54) is 24.1 Å². The molecule has 1 amide bonds. The molecule has 1 atom stereocenters. The molecule has 1 aromatic rings. The normalized spacial score (nSPS) is 16.8. The zero-order valence-electron chi connectivity index (χ0n) is 12.2. The summed E-state index contributed by atoms with van der Waals surface area (Å²) >= 11 is 0. The number of nitrogens with zero attached hydrogens (tertiary/aromatic N) is 5. The Kier molecular flexibility index (Phi) is 4.77. The number of hydrogen-bond acceptors (Lipinski definition) is 6. The summed E-state index contributed by atoms with van der Waals surface area (Å²) in [5, 5.41) is 14.7. The van der Waals surface area contributed by atoms with E-state index in [4.69, 9.17) is 5.53 Å². The summed E-state index contributed by atoms with van der Waals surface area (Å²) in [5.74, 6) is -1.00. The molecule has 0 N–H and O–H groups in total. The number of benzene rings is 1. The van der Waals surface area contributed by atoms with Crippen LogP contribution in [0.15, 0.2) is 23.3 Å². The van der Waals surface area contributed by atoms with Gasteiger partial charge in [0.05, 0.1) is 17.6 Å². The lowest BCUT2D eigenvalue weighted by Gasteiger charge is -2.23. The molecule has 1 heterocycles. The zero-order chi connectivity index (χ0) is 17.0. The van der Waals surface area contributed by atoms with E-state index in [0.717, 1.165) is 6.07 Å². The number of esters is 1. The van der Waals surface area contributed by atoms with Crippen molar-refractivity contribution in [3.8, 4) is 0 Å². The summed E-state index contributed by atoms with van der Waals surface area (Å²) in [6, 6.07) is 3.31. The molecule has 1 unspecified atom stereocenters. The Balaban J connectivity index is 2.48. The third kappa shape index (κ3) is 3.22. The molecule has 1 aliphatic heterocycles. The van der Waals surface area contributed by atoms with Crippen molar-refractivity contribution in [3.63, 3.8) is 0 Å². The molecule has 0 bridgehead atoms. The van der Waals surface area contributed by atoms with E-state index < -0.39 is 16.9 Å². The van der Waals surface area contributed by atoms with Gasteiger partial charge in [-0.15, -0.1) is 0 Å². The molecule has 0 aliphatic carbocycles. The van der Waals surface area contributed by atoms with Crippen LogP contribution in [0.1, 0.15) is 23.2 Å². The molecular formula is C13H13N5O5. The van der Waals surface area contributed by atoms with Gasteiger partial charge in [0, 0.05) is 30.0 Å². The molecule has 0 spiro atoms. The molecule has 120 valence electrons. The second-order valence-electron chi connectivity index (χ2n) is 4.82. The Labute approximate surface area is 130 Å². The van der Waals surface area contributed by atoms with Crippen LogP contribution in [-0.2, 0) is 9.53 Å². The van der Waals surface area contributed by atoms with Crippen LogP contribution in [0.25, 0.3) is 10.4 Å². The van der Waals surface area contributed by atoms with Gasteiger partial charge in [-0.2, -0.15) is 0 Å². The first-order chi connectivity index (χ1) is 11.0. The molecule has 1 aliphatic rings. The van der Waals surface area contributed by atoms with E-state index in [1.807, 2.05) is 0 Å². The third-order valence-corrected chi connectivity index (χ3v) is 3.53. The molecule has 2 rings (SSSR count). The maximum absolute atomic E-state index is 12.1. The zero-order valence-corrected chi connectivity index (χ0v) is 12.2. The van der Waals surface area contributed by atoms with Crippen molar-refractivity contribution in [1.82, 2.24) is 0 Å². The quantitative estimate of drug-likeness (QED) is 0.204. The first-order valence-corrected chi connectivity index (χ1v) is 6.69. The molecule has 10 heteroatoms. The maximum atomic E-state index is 12.1. The van der Waals surface area contributed by atoms with Gasteiger partial charge < -0.3 is 9.64 Å². The van der Waals surface area contributed by atoms with Gasteiger partial charge in [0.15, 0.2) is 0 Å². The SMILES string of the molecule is COC(=O)c1ccc(N2C(=O)CCC2CN=[N+]=[N-])c([N+](=O)[O-])c1. The average Bonchev–Trinajstić information content (AvgIpc) is 2.92. The number of nitro benzene ring substituents is 1. The second kappa shape index (κ2) is 6.75. The smallest absolute Gasteiger partial charge is 0.338 e. The number of carbonyl (C=O) groups is 2. The number of methoxy groups -OCH3 is 1. The summed E-state index contributed by atoms with van der Waals surface area (Å²) in [4.78, 5) is 38.1. The highest BCUT2D eigenvalue weighted by Crippen LogP contribution is 2.35. The predicted molar refractivity (Wildman–Crippen MR) is 79.0 cm³/mol. The molecule has 1 aromatic carbocycles. The van der Waals surface area contributed by atoms with Gasteiger partial charge >= 0.3 is 5.97 Å². The highest BCUT2D eigenvalue weighted by molar-refractivity contribution is 5.99. The van der Waals surface area contributed by atoms with Gasteiger partial charge in [-0.05, 0) is 24.1 Å². The van der Waals surface area contributed by atoms with Crippen molar-refractivity contribution >= 4 is 23.3 Å². The van der Waals surface area contributed by atoms with Crippen molar-refractivity contribution in [3.05, 3.63) is 44.3 Å². The Morgan fingerprint density at radius 1 is 1.61 bits per heavy atom. The Morgan fingerprint density at radius 3 is 2.96 bits per heavy atom. The highest BCUT2D eigenvalue weighted by Gasteiger charge is 2.35. The van der Waals surface area contributed by atoms with E-state index in [-0.39, 0.29) is 35.8 Å². The maximum Gasteiger partial charge on any atom is 0.338 e. The van der Waals surface area contributed by atoms with Crippen LogP contribution in [0.2, 0.25) is 0 Å². The predicted octanol–water partition coefficient (Wildman–Crippen LogP) is 2.19. The van der Waals surface area contributed by atoms with E-state index >= 15 is 0 Å². The van der Waals surface area contributed by atoms with Gasteiger partial charge in [-0.25, -0.2) is 4.79 Å². The average molecular weight is 319 g/mol. The van der Waals surface area contributed by atoms with Gasteiger partial charge in [-0.1, -0.05) is 5.11 Å². The Morgan fingerprint density at radius 2 is 2.35 bits per heavy atom. The minimum absolute atomic E-state index is 0.0150. The van der Waals surface area contributed by atoms with E-state index in [2.05, 4.69) is 14.8 Å². The number of hydrogen-bond donors (Lipinski definition) is 0. The largest absolute Gasteiger partial charge is 0.465 e. The van der Waals surface area contributed by atoms with Crippen molar-refractivity contribution < 1.29 is 19.2 Å². The van der Waals surface area contributed by atoms with Crippen LogP contribution >= 0.6 is 0 Å². The summed E-state index contributed by atoms with van der Waals surface area (Å²) in [6.45, 7) is 0.0259. The van der Waals surface area contributed by atoms with Crippen LogP contribution < -0.4 is 4.90 Å². The second-order valence-corrected chi connectivity index (χ2v) is 4.82.